The number of nitrogens with one attached hydrogen (secondary N) is 1. The molecule has 1 aliphatic rings. The molecule has 1 aliphatic carbocycles. The molecule has 1 aromatic rings. The van der Waals surface area contributed by atoms with Gasteiger partial charge in [0.2, 0.25) is 0 Å². The Balaban J connectivity index is 1.72. The molecule has 2 N–H and O–H groups in total. The lowest BCUT2D eigenvalue weighted by Crippen LogP contribution is -2.55. The predicted molar refractivity (Wildman–Crippen MR) is 95.9 cm³/mol. The van der Waals surface area contributed by atoms with Crippen molar-refractivity contribution in [2.45, 2.75) is 51.6 Å². The standard InChI is InChI=1S/C19H28N2O4/c1-4-21(11-19(23)24)16-9-15(10-16)20-18(22)12-25-17-7-5-6-14(8-17)13(2)3/h5-8,13,15-16H,4,9-12H2,1-3H3,(H,20,22)(H,23,24). The van der Waals surface area contributed by atoms with E-state index in [1.165, 1.54) is 5.56 Å². The van der Waals surface area contributed by atoms with E-state index in [2.05, 4.69) is 19.2 Å². The van der Waals surface area contributed by atoms with Crippen LogP contribution in [-0.4, -0.2) is 53.7 Å². The number of hydrogen-bond donors (Lipinski definition) is 2. The fourth-order valence-corrected chi connectivity index (χ4v) is 3.06. The van der Waals surface area contributed by atoms with Crippen molar-refractivity contribution in [3.05, 3.63) is 29.8 Å². The minimum atomic E-state index is -0.814. The van der Waals surface area contributed by atoms with Crippen LogP contribution in [0.25, 0.3) is 0 Å². The van der Waals surface area contributed by atoms with E-state index in [4.69, 9.17) is 9.84 Å². The quantitative estimate of drug-likeness (QED) is 0.715. The Morgan fingerprint density at radius 3 is 2.68 bits per heavy atom. The number of carboxylic acid groups (broad SMARTS) is 1. The summed E-state index contributed by atoms with van der Waals surface area (Å²) in [6, 6.07) is 8.12. The number of nitrogens with zero attached hydrogens (tertiary/aromatic N) is 1. The highest BCUT2D eigenvalue weighted by Crippen LogP contribution is 2.25. The first-order chi connectivity index (χ1) is 11.9. The van der Waals surface area contributed by atoms with Crippen LogP contribution < -0.4 is 10.1 Å². The summed E-state index contributed by atoms with van der Waals surface area (Å²) in [6.07, 6.45) is 1.57. The molecule has 0 atom stereocenters. The summed E-state index contributed by atoms with van der Waals surface area (Å²) in [7, 11) is 0. The maximum absolute atomic E-state index is 12.0. The van der Waals surface area contributed by atoms with Crippen molar-refractivity contribution in [2.75, 3.05) is 19.7 Å². The van der Waals surface area contributed by atoms with Crippen LogP contribution in [0.3, 0.4) is 0 Å². The smallest absolute Gasteiger partial charge is 0.317 e. The highest BCUT2D eigenvalue weighted by molar-refractivity contribution is 5.78. The van der Waals surface area contributed by atoms with E-state index in [-0.39, 0.29) is 31.1 Å². The number of carbonyl (C=O) groups excluding carboxylic acids is 1. The third kappa shape index (κ3) is 5.74. The fraction of sp³-hybridized carbons (Fsp3) is 0.579. The minimum Gasteiger partial charge on any atom is -0.484 e. The number of carbonyl (C=O) groups is 2. The van der Waals surface area contributed by atoms with Crippen molar-refractivity contribution < 1.29 is 19.4 Å². The van der Waals surface area contributed by atoms with Gasteiger partial charge in [-0.05, 0) is 43.0 Å². The van der Waals surface area contributed by atoms with Crippen molar-refractivity contribution in [3.63, 3.8) is 0 Å². The number of ether oxygens (including phenoxy) is 1. The summed E-state index contributed by atoms with van der Waals surface area (Å²) in [4.78, 5) is 24.8. The molecule has 1 amide bonds. The van der Waals surface area contributed by atoms with Gasteiger partial charge in [0.25, 0.3) is 5.91 Å². The number of rotatable bonds is 9. The molecule has 6 heteroatoms. The van der Waals surface area contributed by atoms with Gasteiger partial charge in [0.15, 0.2) is 6.61 Å². The van der Waals surface area contributed by atoms with Crippen LogP contribution in [0, 0.1) is 0 Å². The molecular formula is C19H28N2O4. The molecule has 0 spiro atoms. The average molecular weight is 348 g/mol. The second-order valence-electron chi connectivity index (χ2n) is 6.86. The first-order valence-corrected chi connectivity index (χ1v) is 8.87. The lowest BCUT2D eigenvalue weighted by molar-refractivity contribution is -0.139. The Morgan fingerprint density at radius 2 is 2.08 bits per heavy atom. The SMILES string of the molecule is CCN(CC(=O)O)C1CC(NC(=O)COc2cccc(C(C)C)c2)C1. The number of benzene rings is 1. The number of carboxylic acids is 1. The third-order valence-corrected chi connectivity index (χ3v) is 4.63. The zero-order valence-corrected chi connectivity index (χ0v) is 15.2. The van der Waals surface area contributed by atoms with Crippen LogP contribution in [-0.2, 0) is 9.59 Å². The Hall–Kier alpha value is -2.08. The van der Waals surface area contributed by atoms with Gasteiger partial charge in [-0.1, -0.05) is 32.9 Å². The summed E-state index contributed by atoms with van der Waals surface area (Å²) < 4.78 is 5.58. The highest BCUT2D eigenvalue weighted by atomic mass is 16.5. The molecule has 0 bridgehead atoms. The molecule has 0 unspecified atom stereocenters. The molecule has 0 aliphatic heterocycles. The van der Waals surface area contributed by atoms with Crippen molar-refractivity contribution in [2.24, 2.45) is 0 Å². The van der Waals surface area contributed by atoms with Gasteiger partial charge in [0.1, 0.15) is 5.75 Å². The first kappa shape index (κ1) is 19.2. The molecular weight excluding hydrogens is 320 g/mol. The van der Waals surface area contributed by atoms with Crippen molar-refractivity contribution in [1.29, 1.82) is 0 Å². The first-order valence-electron chi connectivity index (χ1n) is 8.87. The second kappa shape index (κ2) is 8.85. The lowest BCUT2D eigenvalue weighted by Gasteiger charge is -2.42. The van der Waals surface area contributed by atoms with E-state index in [0.717, 1.165) is 12.8 Å². The fourth-order valence-electron chi connectivity index (χ4n) is 3.06. The molecule has 1 saturated carbocycles. The molecule has 6 nitrogen and oxygen atoms in total. The normalized spacial score (nSPS) is 19.6. The monoisotopic (exact) mass is 348 g/mol. The van der Waals surface area contributed by atoms with Crippen LogP contribution in [0.15, 0.2) is 24.3 Å². The minimum absolute atomic E-state index is 0.00463. The van der Waals surface area contributed by atoms with Gasteiger partial charge in [0.05, 0.1) is 6.54 Å². The number of hydrogen-bond acceptors (Lipinski definition) is 4. The second-order valence-corrected chi connectivity index (χ2v) is 6.86. The van der Waals surface area contributed by atoms with E-state index in [9.17, 15) is 9.59 Å². The molecule has 0 radical (unpaired) electrons. The number of amides is 1. The summed E-state index contributed by atoms with van der Waals surface area (Å²) >= 11 is 0. The van der Waals surface area contributed by atoms with Crippen molar-refractivity contribution >= 4 is 11.9 Å². The van der Waals surface area contributed by atoms with Gasteiger partial charge in [0, 0.05) is 12.1 Å². The van der Waals surface area contributed by atoms with Crippen LogP contribution in [0.1, 0.15) is 45.1 Å². The van der Waals surface area contributed by atoms with Crippen LogP contribution in [0.5, 0.6) is 5.75 Å². The van der Waals surface area contributed by atoms with Crippen molar-refractivity contribution in [3.8, 4) is 5.75 Å². The topological polar surface area (TPSA) is 78.9 Å². The zero-order chi connectivity index (χ0) is 18.4. The summed E-state index contributed by atoms with van der Waals surface area (Å²) in [5.74, 6) is 0.161. The van der Waals surface area contributed by atoms with E-state index in [1.54, 1.807) is 0 Å². The Bertz CT molecular complexity index is 597. The van der Waals surface area contributed by atoms with Crippen molar-refractivity contribution in [1.82, 2.24) is 10.2 Å². The van der Waals surface area contributed by atoms with Crippen LogP contribution >= 0.6 is 0 Å². The van der Waals surface area contributed by atoms with Gasteiger partial charge >= 0.3 is 5.97 Å². The predicted octanol–water partition coefficient (Wildman–Crippen LogP) is 2.24. The van der Waals surface area contributed by atoms with Crippen LogP contribution in [0.2, 0.25) is 0 Å². The molecule has 1 fully saturated rings. The maximum atomic E-state index is 12.0. The molecule has 1 aromatic carbocycles. The largest absolute Gasteiger partial charge is 0.484 e. The number of aliphatic carboxylic acids is 1. The molecule has 2 rings (SSSR count). The molecule has 138 valence electrons. The molecule has 0 saturated heterocycles. The Labute approximate surface area is 149 Å². The highest BCUT2D eigenvalue weighted by Gasteiger charge is 2.34. The number of likely N-dealkylation sites (N-methyl/N-ethyl adjacent to an activating group) is 1. The maximum Gasteiger partial charge on any atom is 0.317 e. The van der Waals surface area contributed by atoms with E-state index >= 15 is 0 Å². The molecule has 0 heterocycles. The van der Waals surface area contributed by atoms with Gasteiger partial charge in [-0.25, -0.2) is 0 Å². The van der Waals surface area contributed by atoms with E-state index in [1.807, 2.05) is 36.1 Å². The summed E-state index contributed by atoms with van der Waals surface area (Å²) in [5, 5.41) is 11.8. The molecule has 0 aromatic heterocycles. The van der Waals surface area contributed by atoms with E-state index < -0.39 is 5.97 Å². The van der Waals surface area contributed by atoms with Gasteiger partial charge < -0.3 is 15.2 Å². The zero-order valence-electron chi connectivity index (χ0n) is 15.2. The summed E-state index contributed by atoms with van der Waals surface area (Å²) in [5.41, 5.74) is 1.18. The summed E-state index contributed by atoms with van der Waals surface area (Å²) in [6.45, 7) is 6.93. The average Bonchev–Trinajstić information content (AvgIpc) is 2.54. The third-order valence-electron chi connectivity index (χ3n) is 4.63. The van der Waals surface area contributed by atoms with Gasteiger partial charge in [-0.3, -0.25) is 14.5 Å². The van der Waals surface area contributed by atoms with Gasteiger partial charge in [-0.15, -0.1) is 0 Å². The Kier molecular flexibility index (Phi) is 6.82. The molecule has 25 heavy (non-hydrogen) atoms. The Morgan fingerprint density at radius 1 is 1.36 bits per heavy atom. The van der Waals surface area contributed by atoms with Crippen LogP contribution in [0.4, 0.5) is 0 Å². The van der Waals surface area contributed by atoms with E-state index in [0.29, 0.717) is 18.2 Å². The van der Waals surface area contributed by atoms with Gasteiger partial charge in [-0.2, -0.15) is 0 Å². The lowest BCUT2D eigenvalue weighted by atomic mass is 9.85.